The number of halogens is 1. The first-order valence-electron chi connectivity index (χ1n) is 4.87. The minimum Gasteiger partial charge on any atom is -0.231 e. The summed E-state index contributed by atoms with van der Waals surface area (Å²) in [6, 6.07) is 10.4. The number of aryl methyl sites for hydroxylation is 1. The molecule has 0 aliphatic rings. The van der Waals surface area contributed by atoms with Gasteiger partial charge in [-0.25, -0.2) is 9.97 Å². The van der Waals surface area contributed by atoms with E-state index in [1.165, 1.54) is 5.56 Å². The van der Waals surface area contributed by atoms with Crippen LogP contribution in [0.15, 0.2) is 41.3 Å². The Morgan fingerprint density at radius 3 is 2.47 bits per heavy atom. The zero-order valence-corrected chi connectivity index (χ0v) is 10.0. The van der Waals surface area contributed by atoms with E-state index in [1.54, 1.807) is 6.20 Å². The molecule has 0 fully saturated rings. The average Bonchev–Trinajstić information content (AvgIpc) is 2.29. The van der Waals surface area contributed by atoms with E-state index in [0.717, 1.165) is 17.7 Å². The van der Waals surface area contributed by atoms with Gasteiger partial charge < -0.3 is 0 Å². The van der Waals surface area contributed by atoms with Crippen molar-refractivity contribution < 1.29 is 0 Å². The minimum atomic E-state index is 0.625. The van der Waals surface area contributed by atoms with Crippen LogP contribution in [0.25, 0.3) is 11.3 Å². The zero-order valence-electron chi connectivity index (χ0n) is 8.44. The summed E-state index contributed by atoms with van der Waals surface area (Å²) in [6.07, 6.45) is 2.81. The second kappa shape index (κ2) is 4.53. The van der Waals surface area contributed by atoms with Gasteiger partial charge in [-0.1, -0.05) is 31.2 Å². The quantitative estimate of drug-likeness (QED) is 0.775. The van der Waals surface area contributed by atoms with Gasteiger partial charge in [0.15, 0.2) is 4.73 Å². The molecule has 0 spiro atoms. The van der Waals surface area contributed by atoms with Crippen molar-refractivity contribution in [1.29, 1.82) is 0 Å². The maximum absolute atomic E-state index is 4.30. The first kappa shape index (κ1) is 10.3. The molecule has 2 rings (SSSR count). The largest absolute Gasteiger partial charge is 0.231 e. The van der Waals surface area contributed by atoms with E-state index >= 15 is 0 Å². The molecule has 1 heterocycles. The van der Waals surface area contributed by atoms with Crippen LogP contribution in [-0.4, -0.2) is 9.97 Å². The van der Waals surface area contributed by atoms with E-state index < -0.39 is 0 Å². The Labute approximate surface area is 97.5 Å². The van der Waals surface area contributed by atoms with Crippen molar-refractivity contribution in [3.63, 3.8) is 0 Å². The lowest BCUT2D eigenvalue weighted by Gasteiger charge is -2.02. The summed E-state index contributed by atoms with van der Waals surface area (Å²) >= 11 is 3.27. The topological polar surface area (TPSA) is 25.8 Å². The summed E-state index contributed by atoms with van der Waals surface area (Å²) in [4.78, 5) is 8.31. The van der Waals surface area contributed by atoms with E-state index in [-0.39, 0.29) is 0 Å². The molecule has 3 heteroatoms. The maximum atomic E-state index is 4.30. The van der Waals surface area contributed by atoms with E-state index in [4.69, 9.17) is 0 Å². The molecule has 0 unspecified atom stereocenters. The van der Waals surface area contributed by atoms with E-state index in [1.807, 2.05) is 6.07 Å². The molecule has 15 heavy (non-hydrogen) atoms. The molecule has 2 nitrogen and oxygen atoms in total. The summed E-state index contributed by atoms with van der Waals surface area (Å²) in [7, 11) is 0. The predicted octanol–water partition coefficient (Wildman–Crippen LogP) is 3.47. The molecular weight excluding hydrogens is 252 g/mol. The Balaban J connectivity index is 2.37. The van der Waals surface area contributed by atoms with E-state index in [9.17, 15) is 0 Å². The number of benzene rings is 1. The van der Waals surface area contributed by atoms with Crippen molar-refractivity contribution in [3.05, 3.63) is 46.8 Å². The fraction of sp³-hybridized carbons (Fsp3) is 0.167. The molecule has 0 N–H and O–H groups in total. The second-order valence-corrected chi connectivity index (χ2v) is 3.97. The van der Waals surface area contributed by atoms with Gasteiger partial charge >= 0.3 is 0 Å². The molecule has 0 saturated heterocycles. The van der Waals surface area contributed by atoms with Crippen LogP contribution in [0.4, 0.5) is 0 Å². The molecule has 0 atom stereocenters. The lowest BCUT2D eigenvalue weighted by atomic mass is 10.1. The highest BCUT2D eigenvalue weighted by molar-refractivity contribution is 9.10. The van der Waals surface area contributed by atoms with Crippen molar-refractivity contribution in [2.75, 3.05) is 0 Å². The molecule has 76 valence electrons. The molecular formula is C12H11BrN2. The number of hydrogen-bond acceptors (Lipinski definition) is 2. The van der Waals surface area contributed by atoms with Gasteiger partial charge in [0.1, 0.15) is 0 Å². The Hall–Kier alpha value is -1.22. The molecule has 0 aliphatic heterocycles. The normalized spacial score (nSPS) is 10.3. The number of hydrogen-bond donors (Lipinski definition) is 0. The monoisotopic (exact) mass is 262 g/mol. The van der Waals surface area contributed by atoms with Crippen LogP contribution in [0.5, 0.6) is 0 Å². The first-order chi connectivity index (χ1) is 7.29. The molecule has 0 saturated carbocycles. The Bertz CT molecular complexity index is 451. The van der Waals surface area contributed by atoms with Gasteiger partial charge in [-0.3, -0.25) is 0 Å². The summed E-state index contributed by atoms with van der Waals surface area (Å²) < 4.78 is 0.625. The third kappa shape index (κ3) is 2.42. The highest BCUT2D eigenvalue weighted by Crippen LogP contribution is 2.18. The Morgan fingerprint density at radius 2 is 1.87 bits per heavy atom. The summed E-state index contributed by atoms with van der Waals surface area (Å²) in [6.45, 7) is 2.15. The van der Waals surface area contributed by atoms with Crippen molar-refractivity contribution in [3.8, 4) is 11.3 Å². The molecule has 0 bridgehead atoms. The van der Waals surface area contributed by atoms with E-state index in [2.05, 4.69) is 57.1 Å². The van der Waals surface area contributed by atoms with Crippen molar-refractivity contribution >= 4 is 15.9 Å². The minimum absolute atomic E-state index is 0.625. The number of aromatic nitrogens is 2. The average molecular weight is 263 g/mol. The highest BCUT2D eigenvalue weighted by Gasteiger charge is 1.99. The third-order valence-electron chi connectivity index (χ3n) is 2.28. The molecule has 1 aromatic carbocycles. The second-order valence-electron chi connectivity index (χ2n) is 3.26. The van der Waals surface area contributed by atoms with Crippen molar-refractivity contribution in [2.45, 2.75) is 13.3 Å². The fourth-order valence-electron chi connectivity index (χ4n) is 1.41. The number of nitrogens with zero attached hydrogens (tertiary/aromatic N) is 2. The van der Waals surface area contributed by atoms with Crippen molar-refractivity contribution in [1.82, 2.24) is 9.97 Å². The van der Waals surface area contributed by atoms with Crippen molar-refractivity contribution in [2.24, 2.45) is 0 Å². The smallest absolute Gasteiger partial charge is 0.197 e. The van der Waals surface area contributed by atoms with Gasteiger partial charge in [-0.15, -0.1) is 0 Å². The summed E-state index contributed by atoms with van der Waals surface area (Å²) in [5.41, 5.74) is 3.40. The zero-order chi connectivity index (χ0) is 10.7. The summed E-state index contributed by atoms with van der Waals surface area (Å²) in [5.74, 6) is 0. The lowest BCUT2D eigenvalue weighted by Crippen LogP contribution is -1.87. The fourth-order valence-corrected chi connectivity index (χ4v) is 1.72. The van der Waals surface area contributed by atoms with Crippen LogP contribution >= 0.6 is 15.9 Å². The van der Waals surface area contributed by atoms with Gasteiger partial charge in [-0.05, 0) is 34.0 Å². The predicted molar refractivity (Wildman–Crippen MR) is 64.5 cm³/mol. The standard InChI is InChI=1S/C12H11BrN2/c1-2-9-3-5-10(6-4-9)11-7-8-14-12(13)15-11/h3-8H,2H2,1H3. The molecule has 0 amide bonds. The van der Waals surface area contributed by atoms with Crippen LogP contribution in [0.3, 0.4) is 0 Å². The van der Waals surface area contributed by atoms with E-state index in [0.29, 0.717) is 4.73 Å². The third-order valence-corrected chi connectivity index (χ3v) is 2.67. The lowest BCUT2D eigenvalue weighted by molar-refractivity contribution is 1.11. The van der Waals surface area contributed by atoms with Gasteiger partial charge in [0.2, 0.25) is 0 Å². The van der Waals surface area contributed by atoms with Crippen LogP contribution in [0.1, 0.15) is 12.5 Å². The molecule has 2 aromatic rings. The number of rotatable bonds is 2. The molecule has 0 aliphatic carbocycles. The highest BCUT2D eigenvalue weighted by atomic mass is 79.9. The maximum Gasteiger partial charge on any atom is 0.197 e. The Morgan fingerprint density at radius 1 is 1.13 bits per heavy atom. The van der Waals surface area contributed by atoms with Gasteiger partial charge in [0, 0.05) is 11.8 Å². The van der Waals surface area contributed by atoms with Crippen LogP contribution in [0, 0.1) is 0 Å². The SMILES string of the molecule is CCc1ccc(-c2ccnc(Br)n2)cc1. The first-order valence-corrected chi connectivity index (χ1v) is 5.67. The summed E-state index contributed by atoms with van der Waals surface area (Å²) in [5, 5.41) is 0. The van der Waals surface area contributed by atoms with Gasteiger partial charge in [-0.2, -0.15) is 0 Å². The molecule has 1 aromatic heterocycles. The van der Waals surface area contributed by atoms with Crippen LogP contribution < -0.4 is 0 Å². The van der Waals surface area contributed by atoms with Crippen LogP contribution in [0.2, 0.25) is 0 Å². The van der Waals surface area contributed by atoms with Crippen LogP contribution in [-0.2, 0) is 6.42 Å². The van der Waals surface area contributed by atoms with Gasteiger partial charge in [0.05, 0.1) is 5.69 Å². The molecule has 0 radical (unpaired) electrons. The van der Waals surface area contributed by atoms with Gasteiger partial charge in [0.25, 0.3) is 0 Å². The Kier molecular flexibility index (Phi) is 3.11.